The number of nitrogens with zero attached hydrogens (tertiary/aromatic N) is 7. The zero-order valence-corrected chi connectivity index (χ0v) is 20.0. The molecule has 5 aromatic rings. The molecule has 11 nitrogen and oxygen atoms in total. The van der Waals surface area contributed by atoms with Crippen molar-refractivity contribution in [3.05, 3.63) is 60.0 Å². The predicted molar refractivity (Wildman–Crippen MR) is 135 cm³/mol. The van der Waals surface area contributed by atoms with Crippen LogP contribution >= 0.6 is 11.6 Å². The second kappa shape index (κ2) is 8.68. The van der Waals surface area contributed by atoms with E-state index in [1.807, 2.05) is 6.07 Å². The highest BCUT2D eigenvalue weighted by Gasteiger charge is 2.28. The highest BCUT2D eigenvalue weighted by Crippen LogP contribution is 2.37. The zero-order chi connectivity index (χ0) is 24.9. The second-order valence-electron chi connectivity index (χ2n) is 8.72. The van der Waals surface area contributed by atoms with Gasteiger partial charge in [-0.25, -0.2) is 28.8 Å². The number of aromatic nitrogens is 6. The van der Waals surface area contributed by atoms with Crippen LogP contribution in [0.25, 0.3) is 16.7 Å². The van der Waals surface area contributed by atoms with E-state index < -0.39 is 5.82 Å². The number of rotatable bonds is 4. The molecule has 1 aromatic carbocycles. The number of nitrogens with one attached hydrogen (secondary N) is 2. The quantitative estimate of drug-likeness (QED) is 0.365. The van der Waals surface area contributed by atoms with Crippen LogP contribution in [0.2, 0.25) is 5.02 Å². The number of pyridine rings is 2. The number of benzene rings is 1. The highest BCUT2D eigenvalue weighted by molar-refractivity contribution is 6.32. The van der Waals surface area contributed by atoms with Crippen LogP contribution < -0.4 is 25.0 Å². The van der Waals surface area contributed by atoms with Crippen LogP contribution in [0.4, 0.5) is 21.7 Å². The van der Waals surface area contributed by atoms with E-state index in [9.17, 15) is 0 Å². The minimum absolute atomic E-state index is 0.125. The van der Waals surface area contributed by atoms with Crippen LogP contribution in [0, 0.1) is 5.82 Å². The summed E-state index contributed by atoms with van der Waals surface area (Å²) in [4.78, 5) is 19.8. The molecular formula is C24H19ClFN9O2. The molecule has 0 radical (unpaired) electrons. The van der Waals surface area contributed by atoms with Gasteiger partial charge in [0, 0.05) is 44.0 Å². The lowest BCUT2D eigenvalue weighted by atomic mass is 10.2. The number of hydrogen-bond acceptors (Lipinski definition) is 10. The van der Waals surface area contributed by atoms with Gasteiger partial charge < -0.3 is 25.0 Å². The molecule has 0 unspecified atom stereocenters. The van der Waals surface area contributed by atoms with Gasteiger partial charge in [-0.05, 0) is 12.1 Å². The molecule has 2 aliphatic heterocycles. The molecule has 7 rings (SSSR count). The number of hydrogen-bond donors (Lipinski definition) is 2. The van der Waals surface area contributed by atoms with Gasteiger partial charge in [-0.2, -0.15) is 5.10 Å². The Kier molecular flexibility index (Phi) is 5.15. The Morgan fingerprint density at radius 3 is 3.05 bits per heavy atom. The monoisotopic (exact) mass is 519 g/mol. The Morgan fingerprint density at radius 1 is 1.16 bits per heavy atom. The molecule has 1 atom stereocenters. The van der Waals surface area contributed by atoms with Gasteiger partial charge in [0.25, 0.3) is 0 Å². The lowest BCUT2D eigenvalue weighted by Gasteiger charge is -2.31. The van der Waals surface area contributed by atoms with E-state index in [1.165, 1.54) is 24.8 Å². The molecule has 2 aliphatic rings. The topological polar surface area (TPSA) is 115 Å². The van der Waals surface area contributed by atoms with E-state index in [2.05, 4.69) is 35.6 Å². The molecule has 6 heterocycles. The zero-order valence-electron chi connectivity index (χ0n) is 19.2. The standard InChI is InChI=1S/C24H19ClFN9O2/c25-15-6-17(16(26)7-19(15)37-14-1-3-35-21(5-14)29-12-31-35)32-23-22-18(28-11-30-23)8-20-24(33-22)34-4-2-27-13(9-34)10-36-20/h1,3,5-8,11-13,27H,2,4,9-10H2,(H,28,30,32)/t13-/m0/s1. The van der Waals surface area contributed by atoms with Crippen molar-refractivity contribution >= 4 is 45.6 Å². The van der Waals surface area contributed by atoms with Crippen molar-refractivity contribution in [2.24, 2.45) is 0 Å². The summed E-state index contributed by atoms with van der Waals surface area (Å²) in [6, 6.07) is 8.11. The molecule has 37 heavy (non-hydrogen) atoms. The Hall–Kier alpha value is -4.29. The summed E-state index contributed by atoms with van der Waals surface area (Å²) in [5, 5.41) is 10.7. The van der Waals surface area contributed by atoms with Crippen molar-refractivity contribution in [1.82, 2.24) is 34.9 Å². The fourth-order valence-electron chi connectivity index (χ4n) is 4.52. The van der Waals surface area contributed by atoms with E-state index in [0.29, 0.717) is 40.6 Å². The molecule has 0 spiro atoms. The maximum Gasteiger partial charge on any atom is 0.172 e. The van der Waals surface area contributed by atoms with Crippen molar-refractivity contribution in [3.63, 3.8) is 0 Å². The summed E-state index contributed by atoms with van der Waals surface area (Å²) in [6.45, 7) is 2.99. The number of anilines is 3. The van der Waals surface area contributed by atoms with Crippen LogP contribution in [-0.4, -0.2) is 61.8 Å². The summed E-state index contributed by atoms with van der Waals surface area (Å²) in [6.07, 6.45) is 4.52. The number of fused-ring (bicyclic) bond motifs is 6. The average Bonchev–Trinajstić information content (AvgIpc) is 3.34. The molecular weight excluding hydrogens is 501 g/mol. The fourth-order valence-corrected chi connectivity index (χ4v) is 4.72. The predicted octanol–water partition coefficient (Wildman–Crippen LogP) is 3.57. The summed E-state index contributed by atoms with van der Waals surface area (Å²) >= 11 is 6.46. The summed E-state index contributed by atoms with van der Waals surface area (Å²) in [5.74, 6) is 1.79. The van der Waals surface area contributed by atoms with E-state index in [-0.39, 0.29) is 22.5 Å². The van der Waals surface area contributed by atoms with E-state index >= 15 is 4.39 Å². The molecule has 1 saturated heterocycles. The van der Waals surface area contributed by atoms with E-state index in [0.717, 1.165) is 25.5 Å². The van der Waals surface area contributed by atoms with Crippen LogP contribution in [0.3, 0.4) is 0 Å². The number of piperazine rings is 1. The van der Waals surface area contributed by atoms with E-state index in [4.69, 9.17) is 26.1 Å². The maximum absolute atomic E-state index is 15.2. The maximum atomic E-state index is 15.2. The van der Waals surface area contributed by atoms with Crippen molar-refractivity contribution in [3.8, 4) is 17.2 Å². The number of halogens is 2. The largest absolute Gasteiger partial charge is 0.488 e. The molecule has 2 N–H and O–H groups in total. The van der Waals surface area contributed by atoms with Crippen molar-refractivity contribution in [2.45, 2.75) is 6.04 Å². The third-order valence-electron chi connectivity index (χ3n) is 6.31. The third kappa shape index (κ3) is 3.99. The van der Waals surface area contributed by atoms with Gasteiger partial charge in [-0.15, -0.1) is 0 Å². The minimum atomic E-state index is -0.572. The molecule has 0 amide bonds. The van der Waals surface area contributed by atoms with Crippen LogP contribution in [-0.2, 0) is 0 Å². The highest BCUT2D eigenvalue weighted by atomic mass is 35.5. The Balaban J connectivity index is 1.21. The van der Waals surface area contributed by atoms with Gasteiger partial charge in [0.05, 0.1) is 22.3 Å². The van der Waals surface area contributed by atoms with Gasteiger partial charge in [0.15, 0.2) is 23.0 Å². The summed E-state index contributed by atoms with van der Waals surface area (Å²) in [5.41, 5.74) is 1.80. The fraction of sp³-hybridized carbons (Fsp3) is 0.208. The minimum Gasteiger partial charge on any atom is -0.488 e. The Labute approximate surface area is 214 Å². The smallest absolute Gasteiger partial charge is 0.172 e. The molecule has 2 bridgehead atoms. The first kappa shape index (κ1) is 21.9. The van der Waals surface area contributed by atoms with Gasteiger partial charge in [-0.3, -0.25) is 0 Å². The second-order valence-corrected chi connectivity index (χ2v) is 9.13. The summed E-state index contributed by atoms with van der Waals surface area (Å²) in [7, 11) is 0. The Morgan fingerprint density at radius 2 is 2.11 bits per heavy atom. The van der Waals surface area contributed by atoms with Crippen LogP contribution in [0.5, 0.6) is 17.2 Å². The van der Waals surface area contributed by atoms with Gasteiger partial charge in [0.1, 0.15) is 42.1 Å². The SMILES string of the molecule is Fc1cc(Oc2ccn3ncnc3c2)c(Cl)cc1Nc1ncnc2cc3c(nc12)N1CCN[C@H](CO3)C1. The van der Waals surface area contributed by atoms with Crippen molar-refractivity contribution < 1.29 is 13.9 Å². The van der Waals surface area contributed by atoms with Gasteiger partial charge in [-0.1, -0.05) is 11.6 Å². The molecule has 0 aliphatic carbocycles. The first-order valence-corrected chi connectivity index (χ1v) is 12.0. The normalized spacial score (nSPS) is 16.8. The van der Waals surface area contributed by atoms with Gasteiger partial charge in [0.2, 0.25) is 0 Å². The lowest BCUT2D eigenvalue weighted by molar-refractivity contribution is 0.271. The summed E-state index contributed by atoms with van der Waals surface area (Å²) < 4.78 is 28.6. The van der Waals surface area contributed by atoms with Crippen molar-refractivity contribution in [2.75, 3.05) is 36.5 Å². The average molecular weight is 520 g/mol. The molecule has 1 fully saturated rings. The molecule has 0 saturated carbocycles. The van der Waals surface area contributed by atoms with Crippen LogP contribution in [0.15, 0.2) is 49.2 Å². The number of ether oxygens (including phenoxy) is 2. The first-order valence-electron chi connectivity index (χ1n) is 11.6. The van der Waals surface area contributed by atoms with Crippen LogP contribution in [0.1, 0.15) is 0 Å². The first-order chi connectivity index (χ1) is 18.1. The van der Waals surface area contributed by atoms with Gasteiger partial charge >= 0.3 is 0 Å². The molecule has 4 aromatic heterocycles. The molecule has 186 valence electrons. The lowest BCUT2D eigenvalue weighted by Crippen LogP contribution is -2.51. The van der Waals surface area contributed by atoms with Crippen molar-refractivity contribution in [1.29, 1.82) is 0 Å². The Bertz CT molecular complexity index is 1660. The molecule has 13 heteroatoms. The van der Waals surface area contributed by atoms with E-state index in [1.54, 1.807) is 22.8 Å². The third-order valence-corrected chi connectivity index (χ3v) is 6.60.